The summed E-state index contributed by atoms with van der Waals surface area (Å²) < 4.78 is 27.9. The summed E-state index contributed by atoms with van der Waals surface area (Å²) in [5, 5.41) is 0.622. The Morgan fingerprint density at radius 1 is 1.09 bits per heavy atom. The second-order valence-corrected chi connectivity index (χ2v) is 8.04. The SMILES string of the molecule is CC.CC.CC=O.CCN1CCC2(CC1)CN(C(=O)c1cccc(F)c1F)c1ccc(Cl)cc12. The zero-order chi connectivity index (χ0) is 25.9. The van der Waals surface area contributed by atoms with Crippen LogP contribution >= 0.6 is 11.6 Å². The predicted octanol–water partition coefficient (Wildman–Crippen LogP) is 6.89. The van der Waals surface area contributed by atoms with Gasteiger partial charge in [-0.15, -0.1) is 0 Å². The van der Waals surface area contributed by atoms with Gasteiger partial charge in [-0.1, -0.05) is 52.3 Å². The zero-order valence-electron chi connectivity index (χ0n) is 21.1. The Hall–Kier alpha value is -2.31. The summed E-state index contributed by atoms with van der Waals surface area (Å²) in [6.45, 7) is 14.9. The molecule has 2 heterocycles. The number of anilines is 1. The number of halogens is 3. The number of carbonyl (C=O) groups is 2. The molecular formula is C27H37ClF2N2O2. The molecule has 0 N–H and O–H groups in total. The summed E-state index contributed by atoms with van der Waals surface area (Å²) in [6, 6.07) is 9.19. The maximum Gasteiger partial charge on any atom is 0.261 e. The molecule has 0 saturated carbocycles. The van der Waals surface area contributed by atoms with Crippen molar-refractivity contribution in [3.05, 3.63) is 64.2 Å². The van der Waals surface area contributed by atoms with Crippen molar-refractivity contribution in [3.63, 3.8) is 0 Å². The van der Waals surface area contributed by atoms with E-state index in [2.05, 4.69) is 11.8 Å². The van der Waals surface area contributed by atoms with Gasteiger partial charge in [0, 0.05) is 22.7 Å². The van der Waals surface area contributed by atoms with Crippen LogP contribution in [-0.4, -0.2) is 43.3 Å². The summed E-state index contributed by atoms with van der Waals surface area (Å²) in [7, 11) is 0. The van der Waals surface area contributed by atoms with Gasteiger partial charge < -0.3 is 14.6 Å². The lowest BCUT2D eigenvalue weighted by molar-refractivity contribution is -0.106. The highest BCUT2D eigenvalue weighted by atomic mass is 35.5. The summed E-state index contributed by atoms with van der Waals surface area (Å²) in [6.07, 6.45) is 2.56. The fraction of sp³-hybridized carbons (Fsp3) is 0.481. The molecule has 2 aliphatic heterocycles. The summed E-state index contributed by atoms with van der Waals surface area (Å²) in [5.74, 6) is -2.62. The highest BCUT2D eigenvalue weighted by Gasteiger charge is 2.46. The van der Waals surface area contributed by atoms with Crippen molar-refractivity contribution >= 4 is 29.5 Å². The molecule has 1 amide bonds. The molecular weight excluding hydrogens is 458 g/mol. The zero-order valence-corrected chi connectivity index (χ0v) is 21.9. The van der Waals surface area contributed by atoms with E-state index in [0.29, 0.717) is 11.6 Å². The number of benzene rings is 2. The topological polar surface area (TPSA) is 40.6 Å². The standard InChI is InChI=1S/C21H21ClF2N2O.C2H4O.2C2H6/c1-2-25-10-8-21(9-11-25)13-26(18-7-6-14(22)12-16(18)21)20(27)15-4-3-5-17(23)19(15)24;1-2-3;2*1-2/h3-7,12H,2,8-11,13H2,1H3;2H,1H3;2*1-2H3. The van der Waals surface area contributed by atoms with Crippen LogP contribution in [0.1, 0.15) is 70.3 Å². The van der Waals surface area contributed by atoms with E-state index in [4.69, 9.17) is 16.4 Å². The number of nitrogens with zero attached hydrogens (tertiary/aromatic N) is 2. The minimum absolute atomic E-state index is 0.189. The molecule has 0 bridgehead atoms. The number of likely N-dealkylation sites (tertiary alicyclic amines) is 1. The Morgan fingerprint density at radius 3 is 2.24 bits per heavy atom. The Balaban J connectivity index is 0.000000750. The van der Waals surface area contributed by atoms with Gasteiger partial charge in [0.05, 0.1) is 5.56 Å². The van der Waals surface area contributed by atoms with Crippen molar-refractivity contribution in [2.45, 2.75) is 59.8 Å². The molecule has 7 heteroatoms. The van der Waals surface area contributed by atoms with Gasteiger partial charge in [0.15, 0.2) is 11.6 Å². The third-order valence-electron chi connectivity index (χ3n) is 5.97. The smallest absolute Gasteiger partial charge is 0.261 e. The predicted molar refractivity (Wildman–Crippen MR) is 137 cm³/mol. The number of aldehydes is 1. The van der Waals surface area contributed by atoms with Crippen molar-refractivity contribution in [2.24, 2.45) is 0 Å². The van der Waals surface area contributed by atoms with Gasteiger partial charge in [0.1, 0.15) is 6.29 Å². The van der Waals surface area contributed by atoms with Gasteiger partial charge in [-0.05, 0) is 75.3 Å². The van der Waals surface area contributed by atoms with Crippen LogP contribution in [0.4, 0.5) is 14.5 Å². The van der Waals surface area contributed by atoms with Gasteiger partial charge in [-0.25, -0.2) is 8.78 Å². The molecule has 0 atom stereocenters. The molecule has 34 heavy (non-hydrogen) atoms. The van der Waals surface area contributed by atoms with E-state index in [9.17, 15) is 13.6 Å². The lowest BCUT2D eigenvalue weighted by atomic mass is 9.74. The van der Waals surface area contributed by atoms with Crippen molar-refractivity contribution < 1.29 is 18.4 Å². The number of hydrogen-bond donors (Lipinski definition) is 0. The maximum absolute atomic E-state index is 14.2. The Morgan fingerprint density at radius 2 is 1.68 bits per heavy atom. The van der Waals surface area contributed by atoms with E-state index in [1.54, 1.807) is 11.0 Å². The molecule has 2 aromatic rings. The summed E-state index contributed by atoms with van der Waals surface area (Å²) in [5.41, 5.74) is 1.36. The molecule has 188 valence electrons. The van der Waals surface area contributed by atoms with E-state index in [0.717, 1.165) is 56.1 Å². The van der Waals surface area contributed by atoms with E-state index >= 15 is 0 Å². The molecule has 1 fully saturated rings. The summed E-state index contributed by atoms with van der Waals surface area (Å²) >= 11 is 6.25. The van der Waals surface area contributed by atoms with Gasteiger partial charge in [0.25, 0.3) is 5.91 Å². The van der Waals surface area contributed by atoms with Crippen LogP contribution in [0.3, 0.4) is 0 Å². The molecule has 0 aromatic heterocycles. The average Bonchev–Trinajstić information content (AvgIpc) is 3.17. The number of piperidine rings is 1. The number of carbonyl (C=O) groups excluding carboxylic acids is 2. The Kier molecular flexibility index (Phi) is 12.4. The first-order chi connectivity index (χ1) is 16.4. The van der Waals surface area contributed by atoms with Crippen LogP contribution in [-0.2, 0) is 10.2 Å². The van der Waals surface area contributed by atoms with Gasteiger partial charge >= 0.3 is 0 Å². The minimum Gasteiger partial charge on any atom is -0.307 e. The minimum atomic E-state index is -1.10. The second-order valence-electron chi connectivity index (χ2n) is 7.60. The second kappa shape index (κ2) is 14.2. The van der Waals surface area contributed by atoms with Crippen molar-refractivity contribution in [1.29, 1.82) is 0 Å². The molecule has 2 aromatic carbocycles. The normalized spacial score (nSPS) is 15.6. The quantitative estimate of drug-likeness (QED) is 0.427. The third-order valence-corrected chi connectivity index (χ3v) is 6.20. The lowest BCUT2D eigenvalue weighted by Crippen LogP contribution is -2.46. The summed E-state index contributed by atoms with van der Waals surface area (Å²) in [4.78, 5) is 25.9. The fourth-order valence-electron chi connectivity index (χ4n) is 4.36. The Bertz CT molecular complexity index is 944. The first-order valence-corrected chi connectivity index (χ1v) is 12.4. The van der Waals surface area contributed by atoms with Gasteiger partial charge in [-0.3, -0.25) is 4.79 Å². The Labute approximate surface area is 207 Å². The van der Waals surface area contributed by atoms with Crippen LogP contribution in [0.5, 0.6) is 0 Å². The molecule has 0 radical (unpaired) electrons. The van der Waals surface area contributed by atoms with E-state index < -0.39 is 17.5 Å². The number of amides is 1. The lowest BCUT2D eigenvalue weighted by Gasteiger charge is -2.39. The highest BCUT2D eigenvalue weighted by molar-refractivity contribution is 6.30. The van der Waals surface area contributed by atoms with Crippen LogP contribution < -0.4 is 4.90 Å². The third kappa shape index (κ3) is 6.42. The largest absolute Gasteiger partial charge is 0.307 e. The molecule has 0 unspecified atom stereocenters. The maximum atomic E-state index is 14.2. The van der Waals surface area contributed by atoms with Gasteiger partial charge in [0.2, 0.25) is 0 Å². The van der Waals surface area contributed by atoms with Crippen LogP contribution in [0.2, 0.25) is 5.02 Å². The van der Waals surface area contributed by atoms with E-state index in [-0.39, 0.29) is 11.0 Å². The monoisotopic (exact) mass is 494 g/mol. The first-order valence-electron chi connectivity index (χ1n) is 12.0. The molecule has 0 aliphatic carbocycles. The fourth-order valence-corrected chi connectivity index (χ4v) is 4.53. The van der Waals surface area contributed by atoms with Gasteiger partial charge in [-0.2, -0.15) is 0 Å². The van der Waals surface area contributed by atoms with Crippen molar-refractivity contribution in [1.82, 2.24) is 4.90 Å². The molecule has 1 saturated heterocycles. The first kappa shape index (κ1) is 29.7. The molecule has 2 aliphatic rings. The molecule has 4 rings (SSSR count). The number of fused-ring (bicyclic) bond motifs is 2. The van der Waals surface area contributed by atoms with Crippen molar-refractivity contribution in [2.75, 3.05) is 31.1 Å². The molecule has 1 spiro atoms. The van der Waals surface area contributed by atoms with E-state index in [1.165, 1.54) is 19.1 Å². The van der Waals surface area contributed by atoms with Crippen molar-refractivity contribution in [3.8, 4) is 0 Å². The highest BCUT2D eigenvalue weighted by Crippen LogP contribution is 2.48. The van der Waals surface area contributed by atoms with Crippen LogP contribution in [0.15, 0.2) is 36.4 Å². The van der Waals surface area contributed by atoms with E-state index in [1.807, 2.05) is 39.8 Å². The molecule has 4 nitrogen and oxygen atoms in total. The number of hydrogen-bond acceptors (Lipinski definition) is 3. The number of rotatable bonds is 2. The average molecular weight is 495 g/mol. The van der Waals surface area contributed by atoms with Crippen LogP contribution in [0.25, 0.3) is 0 Å². The van der Waals surface area contributed by atoms with Crippen LogP contribution in [0, 0.1) is 11.6 Å².